The number of anilines is 1. The number of imidazole rings is 1. The maximum absolute atomic E-state index is 14.1. The topological polar surface area (TPSA) is 93.4 Å². The molecule has 10 heteroatoms. The molecule has 0 saturated heterocycles. The van der Waals surface area contributed by atoms with Crippen molar-refractivity contribution >= 4 is 27.5 Å². The summed E-state index contributed by atoms with van der Waals surface area (Å²) in [7, 11) is 0. The van der Waals surface area contributed by atoms with Crippen molar-refractivity contribution in [2.45, 2.75) is 43.7 Å². The molecule has 1 saturated carbocycles. The Morgan fingerprint density at radius 1 is 0.760 bits per heavy atom. The number of nitrogens with one attached hydrogen (secondary N) is 2. The Bertz CT molecular complexity index is 2090. The van der Waals surface area contributed by atoms with E-state index in [0.717, 1.165) is 41.6 Å². The van der Waals surface area contributed by atoms with Crippen molar-refractivity contribution in [1.82, 2.24) is 34.8 Å². The summed E-state index contributed by atoms with van der Waals surface area (Å²) in [4.78, 5) is 23.7. The van der Waals surface area contributed by atoms with Crippen molar-refractivity contribution in [1.29, 1.82) is 0 Å². The van der Waals surface area contributed by atoms with Crippen LogP contribution in [0, 0.1) is 5.82 Å². The number of thiazole rings is 1. The zero-order valence-electron chi connectivity index (χ0n) is 27.5. The van der Waals surface area contributed by atoms with E-state index in [9.17, 15) is 4.39 Å². The molecule has 4 aromatic heterocycles. The molecule has 4 heterocycles. The number of hydrogen-bond acceptors (Lipinski definition) is 8. The van der Waals surface area contributed by atoms with Gasteiger partial charge in [0, 0.05) is 49.9 Å². The molecule has 50 heavy (non-hydrogen) atoms. The van der Waals surface area contributed by atoms with E-state index in [4.69, 9.17) is 9.97 Å². The molecular weight excluding hydrogens is 644 g/mol. The van der Waals surface area contributed by atoms with Crippen LogP contribution in [-0.2, 0) is 24.9 Å². The summed E-state index contributed by atoms with van der Waals surface area (Å²) in [6.07, 6.45) is 9.09. The van der Waals surface area contributed by atoms with Crippen molar-refractivity contribution in [2.24, 2.45) is 0 Å². The number of benzene rings is 3. The molecule has 1 aliphatic carbocycles. The summed E-state index contributed by atoms with van der Waals surface area (Å²) in [6.45, 7) is 1.74. The van der Waals surface area contributed by atoms with Crippen molar-refractivity contribution in [2.75, 3.05) is 18.4 Å². The fourth-order valence-electron chi connectivity index (χ4n) is 6.83. The van der Waals surface area contributed by atoms with Gasteiger partial charge in [-0.2, -0.15) is 0 Å². The van der Waals surface area contributed by atoms with Gasteiger partial charge in [0.05, 0.1) is 17.2 Å². The SMILES string of the molecule is Fc1cccnc1CNc1ncnc2sc(CCNCCc3ncc(C4CC4)n3C(c3ccccc3)(c3ccccc3)c3ccccc3)nc12. The van der Waals surface area contributed by atoms with Crippen molar-refractivity contribution < 1.29 is 4.39 Å². The van der Waals surface area contributed by atoms with E-state index in [0.29, 0.717) is 22.9 Å². The Hall–Kier alpha value is -5.32. The van der Waals surface area contributed by atoms with E-state index < -0.39 is 5.54 Å². The van der Waals surface area contributed by atoms with Crippen LogP contribution in [0.5, 0.6) is 0 Å². The quantitative estimate of drug-likeness (QED) is 0.0907. The molecule has 250 valence electrons. The molecule has 0 bridgehead atoms. The first kappa shape index (κ1) is 31.9. The van der Waals surface area contributed by atoms with Gasteiger partial charge in [-0.3, -0.25) is 4.98 Å². The lowest BCUT2D eigenvalue weighted by molar-refractivity contribution is 0.471. The van der Waals surface area contributed by atoms with Gasteiger partial charge < -0.3 is 15.2 Å². The minimum atomic E-state index is -0.580. The smallest absolute Gasteiger partial charge is 0.157 e. The van der Waals surface area contributed by atoms with Crippen LogP contribution in [0.15, 0.2) is 122 Å². The van der Waals surface area contributed by atoms with E-state index in [1.807, 2.05) is 0 Å². The molecule has 2 N–H and O–H groups in total. The van der Waals surface area contributed by atoms with Gasteiger partial charge in [0.15, 0.2) is 5.82 Å². The van der Waals surface area contributed by atoms with Gasteiger partial charge in [-0.1, -0.05) is 102 Å². The minimum Gasteiger partial charge on any atom is -0.362 e. The summed E-state index contributed by atoms with van der Waals surface area (Å²) in [5.41, 5.74) is 5.37. The van der Waals surface area contributed by atoms with Crippen LogP contribution < -0.4 is 10.6 Å². The fraction of sp³-hybridized carbons (Fsp3) is 0.225. The van der Waals surface area contributed by atoms with Crippen LogP contribution in [0.3, 0.4) is 0 Å². The molecule has 3 aromatic carbocycles. The van der Waals surface area contributed by atoms with Gasteiger partial charge in [-0.15, -0.1) is 0 Å². The normalized spacial score (nSPS) is 13.1. The predicted molar refractivity (Wildman–Crippen MR) is 196 cm³/mol. The molecule has 8 nitrogen and oxygen atoms in total. The van der Waals surface area contributed by atoms with Crippen LogP contribution in [0.4, 0.5) is 10.2 Å². The van der Waals surface area contributed by atoms with Crippen LogP contribution in [-0.4, -0.2) is 42.6 Å². The first-order chi connectivity index (χ1) is 24.7. The average Bonchev–Trinajstić information content (AvgIpc) is 3.79. The number of aromatic nitrogens is 6. The molecule has 0 amide bonds. The highest BCUT2D eigenvalue weighted by Crippen LogP contribution is 2.48. The molecule has 7 aromatic rings. The second kappa shape index (κ2) is 14.3. The van der Waals surface area contributed by atoms with Crippen LogP contribution in [0.1, 0.15) is 57.7 Å². The lowest BCUT2D eigenvalue weighted by Gasteiger charge is -2.40. The van der Waals surface area contributed by atoms with Gasteiger partial charge in [-0.25, -0.2) is 24.3 Å². The van der Waals surface area contributed by atoms with Gasteiger partial charge in [0.2, 0.25) is 0 Å². The second-order valence-corrected chi connectivity index (χ2v) is 13.6. The Kier molecular flexibility index (Phi) is 9.11. The monoisotopic (exact) mass is 680 g/mol. The van der Waals surface area contributed by atoms with E-state index in [2.05, 4.69) is 127 Å². The summed E-state index contributed by atoms with van der Waals surface area (Å²) < 4.78 is 16.7. The van der Waals surface area contributed by atoms with E-state index in [-0.39, 0.29) is 12.4 Å². The Labute approximate surface area is 294 Å². The first-order valence-corrected chi connectivity index (χ1v) is 17.9. The largest absolute Gasteiger partial charge is 0.362 e. The summed E-state index contributed by atoms with van der Waals surface area (Å²) >= 11 is 1.55. The third-order valence-electron chi connectivity index (χ3n) is 9.31. The van der Waals surface area contributed by atoms with Crippen LogP contribution in [0.25, 0.3) is 10.3 Å². The van der Waals surface area contributed by atoms with Crippen LogP contribution in [0.2, 0.25) is 0 Å². The fourth-order valence-corrected chi connectivity index (χ4v) is 7.73. The Balaban J connectivity index is 1.03. The molecule has 0 unspecified atom stereocenters. The van der Waals surface area contributed by atoms with E-state index in [1.54, 1.807) is 23.6 Å². The van der Waals surface area contributed by atoms with Gasteiger partial charge in [0.25, 0.3) is 0 Å². The number of fused-ring (bicyclic) bond motifs is 1. The Morgan fingerprint density at radius 2 is 1.42 bits per heavy atom. The number of rotatable bonds is 14. The highest BCUT2D eigenvalue weighted by atomic mass is 32.1. The molecule has 1 aliphatic rings. The maximum Gasteiger partial charge on any atom is 0.157 e. The lowest BCUT2D eigenvalue weighted by atomic mass is 9.76. The van der Waals surface area contributed by atoms with E-state index >= 15 is 0 Å². The number of nitrogens with zero attached hydrogens (tertiary/aromatic N) is 6. The highest BCUT2D eigenvalue weighted by molar-refractivity contribution is 7.18. The summed E-state index contributed by atoms with van der Waals surface area (Å²) in [5.74, 6) is 1.79. The first-order valence-electron chi connectivity index (χ1n) is 17.1. The third kappa shape index (κ3) is 6.28. The molecule has 0 radical (unpaired) electrons. The molecule has 1 fully saturated rings. The predicted octanol–water partition coefficient (Wildman–Crippen LogP) is 7.52. The summed E-state index contributed by atoms with van der Waals surface area (Å²) in [5, 5.41) is 7.81. The molecule has 0 atom stereocenters. The number of pyridine rings is 1. The van der Waals surface area contributed by atoms with Gasteiger partial charge in [-0.05, 0) is 41.7 Å². The van der Waals surface area contributed by atoms with Crippen molar-refractivity contribution in [3.63, 3.8) is 0 Å². The standard InChI is InChI=1S/C40H37FN8S/c41-32-17-10-22-43-33(32)25-45-38-37-39(47-27-46-38)50-36(48-37)21-24-42-23-20-35-44-26-34(28-18-19-28)49(35)40(29-11-4-1-5-12-29,30-13-6-2-7-14-30)31-15-8-3-9-16-31/h1-17,22,26-28,42H,18-21,23-25H2,(H,45,46,47). The Morgan fingerprint density at radius 3 is 2.06 bits per heavy atom. The molecular formula is C40H37FN8S. The number of halogens is 1. The number of hydrogen-bond donors (Lipinski definition) is 2. The summed E-state index contributed by atoms with van der Waals surface area (Å²) in [6, 6.07) is 35.6. The maximum atomic E-state index is 14.1. The lowest BCUT2D eigenvalue weighted by Crippen LogP contribution is -2.40. The molecule has 0 aliphatic heterocycles. The van der Waals surface area contributed by atoms with Gasteiger partial charge in [0.1, 0.15) is 33.9 Å². The molecule has 8 rings (SSSR count). The van der Waals surface area contributed by atoms with Crippen molar-refractivity contribution in [3.8, 4) is 0 Å². The highest BCUT2D eigenvalue weighted by Gasteiger charge is 2.43. The van der Waals surface area contributed by atoms with Crippen LogP contribution >= 0.6 is 11.3 Å². The zero-order valence-corrected chi connectivity index (χ0v) is 28.4. The average molecular weight is 681 g/mol. The molecule has 0 spiro atoms. The van der Waals surface area contributed by atoms with Gasteiger partial charge >= 0.3 is 0 Å². The van der Waals surface area contributed by atoms with E-state index in [1.165, 1.54) is 47.6 Å². The van der Waals surface area contributed by atoms with Crippen molar-refractivity contribution in [3.05, 3.63) is 167 Å². The zero-order chi connectivity index (χ0) is 33.8. The minimum absolute atomic E-state index is 0.214. The second-order valence-electron chi connectivity index (χ2n) is 12.5. The third-order valence-corrected chi connectivity index (χ3v) is 10.3.